The second-order valence-electron chi connectivity index (χ2n) is 5.32. The predicted molar refractivity (Wildman–Crippen MR) is 88.1 cm³/mol. The van der Waals surface area contributed by atoms with E-state index in [9.17, 15) is 13.2 Å². The van der Waals surface area contributed by atoms with Gasteiger partial charge in [0.05, 0.1) is 4.90 Å². The van der Waals surface area contributed by atoms with Crippen LogP contribution in [0.1, 0.15) is 39.5 Å². The Bertz CT molecular complexity index is 570. The molecular weight excluding hydrogens is 302 g/mol. The van der Waals surface area contributed by atoms with Crippen LogP contribution in [0.4, 0.5) is 10.5 Å². The van der Waals surface area contributed by atoms with E-state index < -0.39 is 10.0 Å². The molecule has 0 aliphatic rings. The summed E-state index contributed by atoms with van der Waals surface area (Å²) in [6, 6.07) is 5.45. The molecule has 0 saturated carbocycles. The van der Waals surface area contributed by atoms with Crippen LogP contribution in [0.3, 0.4) is 0 Å². The van der Waals surface area contributed by atoms with Gasteiger partial charge in [-0.2, -0.15) is 0 Å². The fourth-order valence-electron chi connectivity index (χ4n) is 2.08. The van der Waals surface area contributed by atoms with E-state index in [1.165, 1.54) is 24.3 Å². The molecule has 0 saturated heterocycles. The smallest absolute Gasteiger partial charge is 0.319 e. The van der Waals surface area contributed by atoms with Crippen LogP contribution in [0.2, 0.25) is 0 Å². The van der Waals surface area contributed by atoms with Gasteiger partial charge in [-0.15, -0.1) is 0 Å². The molecule has 1 aromatic rings. The molecular formula is C15H25N3O3S. The Morgan fingerprint density at radius 2 is 1.86 bits per heavy atom. The molecule has 6 nitrogen and oxygen atoms in total. The Morgan fingerprint density at radius 3 is 2.36 bits per heavy atom. The zero-order chi connectivity index (χ0) is 16.6. The van der Waals surface area contributed by atoms with Crippen molar-refractivity contribution in [3.63, 3.8) is 0 Å². The van der Waals surface area contributed by atoms with E-state index in [0.29, 0.717) is 18.2 Å². The van der Waals surface area contributed by atoms with E-state index in [1.807, 2.05) is 0 Å². The van der Waals surface area contributed by atoms with Gasteiger partial charge in [0.25, 0.3) is 0 Å². The molecule has 22 heavy (non-hydrogen) atoms. The van der Waals surface area contributed by atoms with E-state index in [-0.39, 0.29) is 10.9 Å². The van der Waals surface area contributed by atoms with E-state index in [1.54, 1.807) is 0 Å². The van der Waals surface area contributed by atoms with Crippen LogP contribution in [-0.2, 0) is 10.0 Å². The summed E-state index contributed by atoms with van der Waals surface area (Å²) < 4.78 is 22.3. The highest BCUT2D eigenvalue weighted by Gasteiger charge is 2.10. The van der Waals surface area contributed by atoms with Crippen LogP contribution in [-0.4, -0.2) is 21.0 Å². The Balaban J connectivity index is 2.48. The highest BCUT2D eigenvalue weighted by atomic mass is 32.2. The molecule has 7 heteroatoms. The van der Waals surface area contributed by atoms with Crippen LogP contribution in [0.15, 0.2) is 29.2 Å². The van der Waals surface area contributed by atoms with E-state index >= 15 is 0 Å². The number of nitrogens with two attached hydrogens (primary N) is 1. The third-order valence-electron chi connectivity index (χ3n) is 3.54. The number of rotatable bonds is 8. The first-order valence-electron chi connectivity index (χ1n) is 7.54. The number of unbranched alkanes of at least 4 members (excludes halogenated alkanes) is 1. The molecule has 0 unspecified atom stereocenters. The molecule has 4 N–H and O–H groups in total. The second kappa shape index (κ2) is 8.75. The lowest BCUT2D eigenvalue weighted by Gasteiger charge is -2.15. The number of carbonyl (C=O) groups is 1. The molecule has 0 aliphatic heterocycles. The summed E-state index contributed by atoms with van der Waals surface area (Å²) in [7, 11) is -3.71. The van der Waals surface area contributed by atoms with Crippen molar-refractivity contribution in [3.8, 4) is 0 Å². The Kier molecular flexibility index (Phi) is 7.34. The minimum Gasteiger partial charge on any atom is -0.338 e. The van der Waals surface area contributed by atoms with Crippen molar-refractivity contribution >= 4 is 21.7 Å². The molecule has 0 radical (unpaired) electrons. The van der Waals surface area contributed by atoms with Crippen molar-refractivity contribution in [3.05, 3.63) is 24.3 Å². The normalized spacial score (nSPS) is 12.7. The fourth-order valence-corrected chi connectivity index (χ4v) is 2.60. The largest absolute Gasteiger partial charge is 0.338 e. The van der Waals surface area contributed by atoms with Gasteiger partial charge in [0.15, 0.2) is 0 Å². The SMILES string of the molecule is CCCC[C@H](CC)CNC(=O)Nc1ccc(S(N)(=O)=O)cc1. The molecule has 0 aliphatic carbocycles. The summed E-state index contributed by atoms with van der Waals surface area (Å²) in [6.45, 7) is 4.90. The maximum Gasteiger partial charge on any atom is 0.319 e. The van der Waals surface area contributed by atoms with Gasteiger partial charge in [0.2, 0.25) is 10.0 Å². The van der Waals surface area contributed by atoms with Gasteiger partial charge < -0.3 is 10.6 Å². The number of nitrogens with one attached hydrogen (secondary N) is 2. The maximum atomic E-state index is 11.8. The lowest BCUT2D eigenvalue weighted by atomic mass is 9.99. The molecule has 0 fully saturated rings. The number of sulfonamides is 1. The number of anilines is 1. The molecule has 1 aromatic carbocycles. The van der Waals surface area contributed by atoms with Gasteiger partial charge in [0.1, 0.15) is 0 Å². The van der Waals surface area contributed by atoms with E-state index in [0.717, 1.165) is 25.7 Å². The quantitative estimate of drug-likeness (QED) is 0.684. The standard InChI is InChI=1S/C15H25N3O3S/c1-3-5-6-12(4-2)11-17-15(19)18-13-7-9-14(10-8-13)22(16,20)21/h7-10,12H,3-6,11H2,1-2H3,(H2,16,20,21)(H2,17,18,19)/t12-/m0/s1. The van der Waals surface area contributed by atoms with Gasteiger partial charge in [-0.05, 0) is 36.6 Å². The van der Waals surface area contributed by atoms with Crippen molar-refractivity contribution in [1.29, 1.82) is 0 Å². The van der Waals surface area contributed by atoms with Crippen molar-refractivity contribution < 1.29 is 13.2 Å². The predicted octanol–water partition coefficient (Wildman–Crippen LogP) is 2.67. The van der Waals surface area contributed by atoms with Crippen LogP contribution >= 0.6 is 0 Å². The molecule has 0 heterocycles. The number of carbonyl (C=O) groups excluding carboxylic acids is 1. The van der Waals surface area contributed by atoms with Gasteiger partial charge in [0, 0.05) is 12.2 Å². The van der Waals surface area contributed by atoms with E-state index in [4.69, 9.17) is 5.14 Å². The third-order valence-corrected chi connectivity index (χ3v) is 4.46. The number of hydrogen-bond acceptors (Lipinski definition) is 3. The lowest BCUT2D eigenvalue weighted by molar-refractivity contribution is 0.249. The molecule has 0 spiro atoms. The number of hydrogen-bond donors (Lipinski definition) is 3. The molecule has 1 atom stereocenters. The second-order valence-corrected chi connectivity index (χ2v) is 6.88. The van der Waals surface area contributed by atoms with E-state index in [2.05, 4.69) is 24.5 Å². The molecule has 0 aromatic heterocycles. The van der Waals surface area contributed by atoms with Gasteiger partial charge in [-0.3, -0.25) is 0 Å². The van der Waals surface area contributed by atoms with Crippen molar-refractivity contribution in [1.82, 2.24) is 5.32 Å². The lowest BCUT2D eigenvalue weighted by Crippen LogP contribution is -2.33. The fraction of sp³-hybridized carbons (Fsp3) is 0.533. The van der Waals surface area contributed by atoms with Gasteiger partial charge >= 0.3 is 6.03 Å². The Labute approximate surface area is 132 Å². The third kappa shape index (κ3) is 6.44. The molecule has 1 rings (SSSR count). The molecule has 0 bridgehead atoms. The first-order valence-corrected chi connectivity index (χ1v) is 9.09. The topological polar surface area (TPSA) is 101 Å². The van der Waals surface area contributed by atoms with Crippen LogP contribution in [0, 0.1) is 5.92 Å². The number of benzene rings is 1. The Morgan fingerprint density at radius 1 is 1.23 bits per heavy atom. The summed E-state index contributed by atoms with van der Waals surface area (Å²) in [5.74, 6) is 0.482. The first kappa shape index (κ1) is 18.4. The number of urea groups is 1. The minimum absolute atomic E-state index is 0.0177. The zero-order valence-electron chi connectivity index (χ0n) is 13.1. The summed E-state index contributed by atoms with van der Waals surface area (Å²) in [5, 5.41) is 10.5. The number of amides is 2. The van der Waals surface area contributed by atoms with Crippen molar-refractivity contribution in [2.24, 2.45) is 11.1 Å². The zero-order valence-corrected chi connectivity index (χ0v) is 13.9. The average molecular weight is 327 g/mol. The molecule has 2 amide bonds. The Hall–Kier alpha value is -1.60. The monoisotopic (exact) mass is 327 g/mol. The number of primary sulfonamides is 1. The van der Waals surface area contributed by atoms with Gasteiger partial charge in [-0.1, -0.05) is 33.1 Å². The van der Waals surface area contributed by atoms with Crippen molar-refractivity contribution in [2.75, 3.05) is 11.9 Å². The summed E-state index contributed by atoms with van der Waals surface area (Å²) in [4.78, 5) is 11.8. The van der Waals surface area contributed by atoms with Crippen LogP contribution in [0.25, 0.3) is 0 Å². The summed E-state index contributed by atoms with van der Waals surface area (Å²) >= 11 is 0. The summed E-state index contributed by atoms with van der Waals surface area (Å²) in [5.41, 5.74) is 0.520. The average Bonchev–Trinajstić information content (AvgIpc) is 2.47. The highest BCUT2D eigenvalue weighted by molar-refractivity contribution is 7.89. The van der Waals surface area contributed by atoms with Crippen LogP contribution < -0.4 is 15.8 Å². The highest BCUT2D eigenvalue weighted by Crippen LogP contribution is 2.13. The van der Waals surface area contributed by atoms with Crippen molar-refractivity contribution in [2.45, 2.75) is 44.4 Å². The maximum absolute atomic E-state index is 11.8. The molecule has 124 valence electrons. The summed E-state index contributed by atoms with van der Waals surface area (Å²) in [6.07, 6.45) is 4.45. The first-order chi connectivity index (χ1) is 10.4. The van der Waals surface area contributed by atoms with Gasteiger partial charge in [-0.25, -0.2) is 18.4 Å². The minimum atomic E-state index is -3.71. The van der Waals surface area contributed by atoms with Crippen LogP contribution in [0.5, 0.6) is 0 Å².